The van der Waals surface area contributed by atoms with Crippen LogP contribution in [0.1, 0.15) is 11.1 Å². The number of alkyl halides is 3. The molecular weight excluding hydrogens is 353 g/mol. The van der Waals surface area contributed by atoms with Crippen molar-refractivity contribution in [1.82, 2.24) is 0 Å². The van der Waals surface area contributed by atoms with Gasteiger partial charge in [-0.15, -0.1) is 0 Å². The van der Waals surface area contributed by atoms with E-state index in [1.54, 1.807) is 25.2 Å². The van der Waals surface area contributed by atoms with E-state index >= 15 is 0 Å². The summed E-state index contributed by atoms with van der Waals surface area (Å²) >= 11 is 0. The highest BCUT2D eigenvalue weighted by Crippen LogP contribution is 2.38. The van der Waals surface area contributed by atoms with Gasteiger partial charge in [0.1, 0.15) is 5.69 Å². The molecule has 0 aliphatic rings. The summed E-state index contributed by atoms with van der Waals surface area (Å²) < 4.78 is 49.0. The molecule has 0 N–H and O–H groups in total. The minimum absolute atomic E-state index is 0.0628. The molecule has 26 heavy (non-hydrogen) atoms. The third-order valence-corrected chi connectivity index (χ3v) is 3.80. The third kappa shape index (κ3) is 3.98. The summed E-state index contributed by atoms with van der Waals surface area (Å²) in [5.41, 5.74) is -0.957. The van der Waals surface area contributed by atoms with Gasteiger partial charge in [-0.2, -0.15) is 13.2 Å². The fourth-order valence-corrected chi connectivity index (χ4v) is 2.59. The number of para-hydroxylation sites is 1. The van der Waals surface area contributed by atoms with E-state index in [0.717, 1.165) is 12.1 Å². The van der Waals surface area contributed by atoms with Crippen molar-refractivity contribution >= 4 is 11.4 Å². The lowest BCUT2D eigenvalue weighted by Gasteiger charge is -2.22. The van der Waals surface area contributed by atoms with Gasteiger partial charge in [0.25, 0.3) is 5.69 Å². The van der Waals surface area contributed by atoms with Crippen LogP contribution in [-0.2, 0) is 12.7 Å². The number of rotatable bonds is 6. The Hall–Kier alpha value is -2.97. The smallest absolute Gasteiger partial charge is 0.416 e. The second-order valence-electron chi connectivity index (χ2n) is 5.47. The quantitative estimate of drug-likeness (QED) is 0.561. The highest BCUT2D eigenvalue weighted by Gasteiger charge is 2.33. The second kappa shape index (κ2) is 7.51. The van der Waals surface area contributed by atoms with E-state index in [0.29, 0.717) is 23.1 Å². The van der Waals surface area contributed by atoms with Crippen molar-refractivity contribution in [2.75, 3.05) is 26.2 Å². The van der Waals surface area contributed by atoms with Gasteiger partial charge in [-0.1, -0.05) is 12.1 Å². The molecule has 140 valence electrons. The lowest BCUT2D eigenvalue weighted by Crippen LogP contribution is -2.19. The highest BCUT2D eigenvalue weighted by atomic mass is 19.4. The lowest BCUT2D eigenvalue weighted by atomic mass is 10.1. The van der Waals surface area contributed by atoms with E-state index < -0.39 is 22.4 Å². The van der Waals surface area contributed by atoms with E-state index in [4.69, 9.17) is 9.47 Å². The van der Waals surface area contributed by atoms with Crippen LogP contribution in [0.15, 0.2) is 36.4 Å². The molecule has 2 aromatic carbocycles. The molecule has 0 saturated heterocycles. The molecular formula is C17H17F3N2O4. The Kier molecular flexibility index (Phi) is 5.59. The van der Waals surface area contributed by atoms with E-state index in [1.165, 1.54) is 19.1 Å². The zero-order chi connectivity index (χ0) is 19.5. The Morgan fingerprint density at radius 2 is 1.85 bits per heavy atom. The van der Waals surface area contributed by atoms with Crippen molar-refractivity contribution in [2.24, 2.45) is 0 Å². The van der Waals surface area contributed by atoms with Gasteiger partial charge >= 0.3 is 6.18 Å². The molecule has 6 nitrogen and oxygen atoms in total. The maximum atomic E-state index is 12.8. The summed E-state index contributed by atoms with van der Waals surface area (Å²) in [6.45, 7) is 0.173. The maximum absolute atomic E-state index is 12.8. The minimum Gasteiger partial charge on any atom is -0.493 e. The Balaban J connectivity index is 2.42. The highest BCUT2D eigenvalue weighted by molar-refractivity contribution is 5.65. The molecule has 2 aromatic rings. The molecule has 0 spiro atoms. The number of anilines is 1. The molecule has 0 aromatic heterocycles. The van der Waals surface area contributed by atoms with E-state index in [-0.39, 0.29) is 12.2 Å². The average Bonchev–Trinajstić information content (AvgIpc) is 2.59. The summed E-state index contributed by atoms with van der Waals surface area (Å²) in [5, 5.41) is 11.2. The van der Waals surface area contributed by atoms with E-state index in [9.17, 15) is 23.3 Å². The summed E-state index contributed by atoms with van der Waals surface area (Å²) in [5.74, 6) is 0.941. The van der Waals surface area contributed by atoms with Gasteiger partial charge in [-0.25, -0.2) is 0 Å². The summed E-state index contributed by atoms with van der Waals surface area (Å²) in [6.07, 6.45) is -4.65. The SMILES string of the molecule is COc1cccc(CN(C)c2ccc(C(F)(F)F)cc2[N+](=O)[O-])c1OC. The number of nitrogens with zero attached hydrogens (tertiary/aromatic N) is 2. The predicted octanol–water partition coefficient (Wildman–Crippen LogP) is 4.27. The zero-order valence-electron chi connectivity index (χ0n) is 14.3. The monoisotopic (exact) mass is 370 g/mol. The van der Waals surface area contributed by atoms with Crippen LogP contribution in [0.3, 0.4) is 0 Å². The first kappa shape index (κ1) is 19.4. The topological polar surface area (TPSA) is 64.8 Å². The Labute approximate surface area is 147 Å². The molecule has 0 saturated carbocycles. The van der Waals surface area contributed by atoms with E-state index in [1.807, 2.05) is 0 Å². The van der Waals surface area contributed by atoms with Crippen LogP contribution in [0.4, 0.5) is 24.5 Å². The average molecular weight is 370 g/mol. The molecule has 0 heterocycles. The number of benzene rings is 2. The number of halogens is 3. The molecule has 0 amide bonds. The fraction of sp³-hybridized carbons (Fsp3) is 0.294. The van der Waals surface area contributed by atoms with Crippen LogP contribution in [-0.4, -0.2) is 26.2 Å². The predicted molar refractivity (Wildman–Crippen MR) is 89.8 cm³/mol. The number of methoxy groups -OCH3 is 2. The lowest BCUT2D eigenvalue weighted by molar-refractivity contribution is -0.384. The van der Waals surface area contributed by atoms with Gasteiger partial charge in [-0.3, -0.25) is 10.1 Å². The van der Waals surface area contributed by atoms with Gasteiger partial charge in [0, 0.05) is 25.2 Å². The van der Waals surface area contributed by atoms with Crippen molar-refractivity contribution in [3.05, 3.63) is 57.6 Å². The van der Waals surface area contributed by atoms with Crippen LogP contribution >= 0.6 is 0 Å². The van der Waals surface area contributed by atoms with Gasteiger partial charge < -0.3 is 14.4 Å². The van der Waals surface area contributed by atoms with Gasteiger partial charge in [0.05, 0.1) is 24.7 Å². The standard InChI is InChI=1S/C17H17F3N2O4/c1-21(10-11-5-4-6-15(25-2)16(11)26-3)13-8-7-12(17(18,19)20)9-14(13)22(23)24/h4-9H,10H2,1-3H3. The molecule has 0 bridgehead atoms. The molecule has 0 unspecified atom stereocenters. The normalized spacial score (nSPS) is 11.2. The van der Waals surface area contributed by atoms with Crippen molar-refractivity contribution < 1.29 is 27.6 Å². The first-order valence-electron chi connectivity index (χ1n) is 7.45. The summed E-state index contributed by atoms with van der Waals surface area (Å²) in [4.78, 5) is 11.9. The number of nitro groups is 1. The van der Waals surface area contributed by atoms with Crippen molar-refractivity contribution in [3.8, 4) is 11.5 Å². The third-order valence-electron chi connectivity index (χ3n) is 3.80. The van der Waals surface area contributed by atoms with Crippen molar-refractivity contribution in [3.63, 3.8) is 0 Å². The number of ether oxygens (including phenoxy) is 2. The first-order valence-corrected chi connectivity index (χ1v) is 7.45. The molecule has 0 fully saturated rings. The zero-order valence-corrected chi connectivity index (χ0v) is 14.3. The molecule has 2 rings (SSSR count). The molecule has 0 radical (unpaired) electrons. The van der Waals surface area contributed by atoms with Gasteiger partial charge in [-0.05, 0) is 18.2 Å². The second-order valence-corrected chi connectivity index (χ2v) is 5.47. The van der Waals surface area contributed by atoms with Crippen LogP contribution < -0.4 is 14.4 Å². The molecule has 0 aliphatic heterocycles. The van der Waals surface area contributed by atoms with Gasteiger partial charge in [0.15, 0.2) is 11.5 Å². The Morgan fingerprint density at radius 3 is 2.38 bits per heavy atom. The molecule has 0 aliphatic carbocycles. The van der Waals surface area contributed by atoms with Crippen LogP contribution in [0.5, 0.6) is 11.5 Å². The molecule has 0 atom stereocenters. The van der Waals surface area contributed by atoms with Crippen LogP contribution in [0, 0.1) is 10.1 Å². The summed E-state index contributed by atoms with van der Waals surface area (Å²) in [7, 11) is 4.49. The first-order chi connectivity index (χ1) is 12.2. The number of nitro benzene ring substituents is 1. The maximum Gasteiger partial charge on any atom is 0.416 e. The number of hydrogen-bond donors (Lipinski definition) is 0. The van der Waals surface area contributed by atoms with Crippen molar-refractivity contribution in [2.45, 2.75) is 12.7 Å². The van der Waals surface area contributed by atoms with Gasteiger partial charge in [0.2, 0.25) is 0 Å². The fourth-order valence-electron chi connectivity index (χ4n) is 2.59. The van der Waals surface area contributed by atoms with Crippen LogP contribution in [0.25, 0.3) is 0 Å². The largest absolute Gasteiger partial charge is 0.493 e. The van der Waals surface area contributed by atoms with Crippen molar-refractivity contribution in [1.29, 1.82) is 0 Å². The Morgan fingerprint density at radius 1 is 1.15 bits per heavy atom. The number of hydrogen-bond acceptors (Lipinski definition) is 5. The summed E-state index contributed by atoms with van der Waals surface area (Å²) in [6, 6.07) is 7.62. The minimum atomic E-state index is -4.65. The molecule has 9 heteroatoms. The Bertz CT molecular complexity index is 809. The van der Waals surface area contributed by atoms with Crippen LogP contribution in [0.2, 0.25) is 0 Å². The van der Waals surface area contributed by atoms with E-state index in [2.05, 4.69) is 0 Å².